The van der Waals surface area contributed by atoms with Gasteiger partial charge in [0.05, 0.1) is 12.8 Å². The Bertz CT molecular complexity index is 493. The first kappa shape index (κ1) is 16.5. The molecule has 0 spiro atoms. The highest BCUT2D eigenvalue weighted by Crippen LogP contribution is 2.28. The lowest BCUT2D eigenvalue weighted by Crippen LogP contribution is -2.53. The molecule has 1 aliphatic heterocycles. The Hall–Kier alpha value is -1.91. The number of benzene rings is 1. The molecular formula is C17H28N4O. The van der Waals surface area contributed by atoms with E-state index in [2.05, 4.69) is 46.1 Å². The van der Waals surface area contributed by atoms with Crippen molar-refractivity contribution in [2.45, 2.75) is 13.8 Å². The summed E-state index contributed by atoms with van der Waals surface area (Å²) in [6.07, 6.45) is 0. The maximum atomic E-state index is 5.47. The van der Waals surface area contributed by atoms with E-state index in [-0.39, 0.29) is 0 Å². The molecular weight excluding hydrogens is 276 g/mol. The number of guanidine groups is 1. The van der Waals surface area contributed by atoms with Crippen LogP contribution in [0.15, 0.2) is 29.3 Å². The Morgan fingerprint density at radius 2 is 1.91 bits per heavy atom. The van der Waals surface area contributed by atoms with Gasteiger partial charge in [-0.25, -0.2) is 0 Å². The standard InChI is InChI=1S/C17H28N4O/c1-14(2)13-19-17(18-3)21-11-9-20(10-12-21)15-7-5-6-8-16(15)22-4/h5-8,14H,9-13H2,1-4H3,(H,18,19). The predicted octanol–water partition coefficient (Wildman–Crippen LogP) is 2.05. The Labute approximate surface area is 134 Å². The Balaban J connectivity index is 1.95. The smallest absolute Gasteiger partial charge is 0.193 e. The van der Waals surface area contributed by atoms with Crippen LogP contribution in [0.4, 0.5) is 5.69 Å². The molecule has 1 aromatic rings. The first-order chi connectivity index (χ1) is 10.7. The normalized spacial score (nSPS) is 16.1. The minimum Gasteiger partial charge on any atom is -0.495 e. The van der Waals surface area contributed by atoms with Crippen molar-refractivity contribution in [1.29, 1.82) is 0 Å². The molecule has 0 atom stereocenters. The highest BCUT2D eigenvalue weighted by Gasteiger charge is 2.21. The molecule has 1 aliphatic rings. The Morgan fingerprint density at radius 3 is 2.50 bits per heavy atom. The fraction of sp³-hybridized carbons (Fsp3) is 0.588. The molecule has 0 unspecified atom stereocenters. The number of hydrogen-bond acceptors (Lipinski definition) is 3. The van der Waals surface area contributed by atoms with Gasteiger partial charge in [-0.3, -0.25) is 4.99 Å². The third kappa shape index (κ3) is 4.06. The van der Waals surface area contributed by atoms with E-state index in [0.29, 0.717) is 5.92 Å². The van der Waals surface area contributed by atoms with Crippen LogP contribution in [0.5, 0.6) is 5.75 Å². The third-order valence-corrected chi connectivity index (χ3v) is 3.89. The fourth-order valence-corrected chi connectivity index (χ4v) is 2.68. The van der Waals surface area contributed by atoms with Crippen LogP contribution < -0.4 is 15.0 Å². The van der Waals surface area contributed by atoms with E-state index >= 15 is 0 Å². The molecule has 5 nitrogen and oxygen atoms in total. The Kier molecular flexibility index (Phi) is 5.92. The van der Waals surface area contributed by atoms with Gasteiger partial charge in [0.2, 0.25) is 0 Å². The van der Waals surface area contributed by atoms with Crippen molar-refractivity contribution in [3.63, 3.8) is 0 Å². The topological polar surface area (TPSA) is 40.1 Å². The highest BCUT2D eigenvalue weighted by molar-refractivity contribution is 5.80. The molecule has 1 fully saturated rings. The maximum Gasteiger partial charge on any atom is 0.193 e. The second-order valence-electron chi connectivity index (χ2n) is 5.97. The molecule has 5 heteroatoms. The van der Waals surface area contributed by atoms with E-state index in [1.807, 2.05) is 19.2 Å². The zero-order valence-electron chi connectivity index (χ0n) is 14.2. The van der Waals surface area contributed by atoms with Crippen molar-refractivity contribution in [3.8, 4) is 5.75 Å². The van der Waals surface area contributed by atoms with Crippen LogP contribution in [0.2, 0.25) is 0 Å². The maximum absolute atomic E-state index is 5.47. The molecule has 0 aliphatic carbocycles. The van der Waals surface area contributed by atoms with Crippen molar-refractivity contribution >= 4 is 11.6 Å². The summed E-state index contributed by atoms with van der Waals surface area (Å²) in [5.74, 6) is 2.57. The zero-order chi connectivity index (χ0) is 15.9. The largest absolute Gasteiger partial charge is 0.495 e. The van der Waals surface area contributed by atoms with Gasteiger partial charge < -0.3 is 19.9 Å². The second-order valence-corrected chi connectivity index (χ2v) is 5.97. The van der Waals surface area contributed by atoms with Gasteiger partial charge in [-0.05, 0) is 18.1 Å². The van der Waals surface area contributed by atoms with Gasteiger partial charge in [0, 0.05) is 39.8 Å². The summed E-state index contributed by atoms with van der Waals surface area (Å²) in [7, 11) is 3.59. The molecule has 1 aromatic carbocycles. The molecule has 0 aromatic heterocycles. The van der Waals surface area contributed by atoms with Gasteiger partial charge in [0.1, 0.15) is 5.75 Å². The average Bonchev–Trinajstić information content (AvgIpc) is 2.55. The first-order valence-electron chi connectivity index (χ1n) is 7.99. The van der Waals surface area contributed by atoms with E-state index in [9.17, 15) is 0 Å². The van der Waals surface area contributed by atoms with Crippen LogP contribution in [0.3, 0.4) is 0 Å². The van der Waals surface area contributed by atoms with Crippen LogP contribution in [0, 0.1) is 5.92 Å². The van der Waals surface area contributed by atoms with Crippen molar-refractivity contribution in [3.05, 3.63) is 24.3 Å². The van der Waals surface area contributed by atoms with Gasteiger partial charge in [-0.15, -0.1) is 0 Å². The van der Waals surface area contributed by atoms with Crippen molar-refractivity contribution in [2.24, 2.45) is 10.9 Å². The number of anilines is 1. The minimum atomic E-state index is 0.617. The molecule has 22 heavy (non-hydrogen) atoms. The number of piperazine rings is 1. The Morgan fingerprint density at radius 1 is 1.23 bits per heavy atom. The van der Waals surface area contributed by atoms with Gasteiger partial charge >= 0.3 is 0 Å². The van der Waals surface area contributed by atoms with Gasteiger partial charge in [0.15, 0.2) is 5.96 Å². The summed E-state index contributed by atoms with van der Waals surface area (Å²) >= 11 is 0. The molecule has 0 amide bonds. The number of methoxy groups -OCH3 is 1. The number of ether oxygens (including phenoxy) is 1. The van der Waals surface area contributed by atoms with Gasteiger partial charge in [-0.2, -0.15) is 0 Å². The van der Waals surface area contributed by atoms with E-state index in [0.717, 1.165) is 44.4 Å². The lowest BCUT2D eigenvalue weighted by Gasteiger charge is -2.38. The molecule has 0 radical (unpaired) electrons. The molecule has 1 saturated heterocycles. The van der Waals surface area contributed by atoms with Gasteiger partial charge in [-0.1, -0.05) is 26.0 Å². The molecule has 0 bridgehead atoms. The summed E-state index contributed by atoms with van der Waals surface area (Å²) in [5, 5.41) is 3.45. The zero-order valence-corrected chi connectivity index (χ0v) is 14.2. The summed E-state index contributed by atoms with van der Waals surface area (Å²) in [6.45, 7) is 9.26. The van der Waals surface area contributed by atoms with E-state index < -0.39 is 0 Å². The third-order valence-electron chi connectivity index (χ3n) is 3.89. The van der Waals surface area contributed by atoms with Crippen molar-refractivity contribution in [2.75, 3.05) is 51.8 Å². The lowest BCUT2D eigenvalue weighted by atomic mass is 10.2. The second kappa shape index (κ2) is 7.92. The number of para-hydroxylation sites is 2. The molecule has 2 rings (SSSR count). The van der Waals surface area contributed by atoms with Crippen LogP contribution in [0.1, 0.15) is 13.8 Å². The number of nitrogens with zero attached hydrogens (tertiary/aromatic N) is 3. The number of nitrogens with one attached hydrogen (secondary N) is 1. The van der Waals surface area contributed by atoms with E-state index in [1.54, 1.807) is 7.11 Å². The molecule has 1 heterocycles. The number of aliphatic imine (C=N–C) groups is 1. The van der Waals surface area contributed by atoms with E-state index in [1.165, 1.54) is 5.69 Å². The molecule has 1 N–H and O–H groups in total. The average molecular weight is 304 g/mol. The highest BCUT2D eigenvalue weighted by atomic mass is 16.5. The fourth-order valence-electron chi connectivity index (χ4n) is 2.68. The summed E-state index contributed by atoms with van der Waals surface area (Å²) in [5.41, 5.74) is 1.18. The molecule has 0 saturated carbocycles. The number of hydrogen-bond donors (Lipinski definition) is 1. The SMILES string of the molecule is CN=C(NCC(C)C)N1CCN(c2ccccc2OC)CC1. The molecule has 122 valence electrons. The van der Waals surface area contributed by atoms with Gasteiger partial charge in [0.25, 0.3) is 0 Å². The summed E-state index contributed by atoms with van der Waals surface area (Å²) in [6, 6.07) is 8.22. The summed E-state index contributed by atoms with van der Waals surface area (Å²) < 4.78 is 5.47. The van der Waals surface area contributed by atoms with Crippen LogP contribution in [0.25, 0.3) is 0 Å². The van der Waals surface area contributed by atoms with Crippen LogP contribution in [-0.4, -0.2) is 57.7 Å². The van der Waals surface area contributed by atoms with Crippen LogP contribution in [-0.2, 0) is 0 Å². The quantitative estimate of drug-likeness (QED) is 0.683. The minimum absolute atomic E-state index is 0.617. The number of rotatable bonds is 4. The van der Waals surface area contributed by atoms with E-state index in [4.69, 9.17) is 4.74 Å². The van der Waals surface area contributed by atoms with Crippen LogP contribution >= 0.6 is 0 Å². The monoisotopic (exact) mass is 304 g/mol. The van der Waals surface area contributed by atoms with Crippen molar-refractivity contribution < 1.29 is 4.74 Å². The lowest BCUT2D eigenvalue weighted by molar-refractivity contribution is 0.365. The van der Waals surface area contributed by atoms with Crippen molar-refractivity contribution in [1.82, 2.24) is 10.2 Å². The first-order valence-corrected chi connectivity index (χ1v) is 7.99. The summed E-state index contributed by atoms with van der Waals surface area (Å²) in [4.78, 5) is 9.11. The predicted molar refractivity (Wildman–Crippen MR) is 93.0 cm³/mol.